The van der Waals surface area contributed by atoms with Crippen molar-refractivity contribution in [3.05, 3.63) is 12.2 Å². The van der Waals surface area contributed by atoms with Crippen LogP contribution in [0.2, 0.25) is 6.32 Å². The number of hydrogen-bond acceptors (Lipinski definition) is 6. The molecule has 0 aromatic rings. The fourth-order valence-corrected chi connectivity index (χ4v) is 3.84. The highest BCUT2D eigenvalue weighted by Gasteiger charge is 2.29. The highest BCUT2D eigenvalue weighted by atomic mass is 16.2. The summed E-state index contributed by atoms with van der Waals surface area (Å²) in [7, 11) is 5.69. The molecule has 7 amide bonds. The summed E-state index contributed by atoms with van der Waals surface area (Å²) in [6.07, 6.45) is 5.88. The Bertz CT molecular complexity index is 858. The van der Waals surface area contributed by atoms with E-state index in [0.29, 0.717) is 38.6 Å². The van der Waals surface area contributed by atoms with Crippen molar-refractivity contribution in [1.82, 2.24) is 26.2 Å². The number of nitrogens with one attached hydrogen (secondary N) is 4. The Hall–Kier alpha value is -3.38. The van der Waals surface area contributed by atoms with E-state index >= 15 is 0 Å². The van der Waals surface area contributed by atoms with Gasteiger partial charge in [0.15, 0.2) is 0 Å². The molecule has 0 fully saturated rings. The Balaban J connectivity index is 2.63. The Morgan fingerprint density at radius 3 is 2.16 bits per heavy atom. The third-order valence-corrected chi connectivity index (χ3v) is 6.18. The van der Waals surface area contributed by atoms with Crippen LogP contribution in [-0.2, 0) is 24.0 Å². The van der Waals surface area contributed by atoms with E-state index in [4.69, 9.17) is 13.6 Å². The smallest absolute Gasteiger partial charge is 0.312 e. The number of carbonyl (C=O) groups is 6. The SMILES string of the molecule is [B]C[C@H](CC)NC(=O)[C@H](CCCNC(N)=O)NC(=O)C(NC(=O)CCCCCN1C(=O)C=CC1=O)C(C)C. The van der Waals surface area contributed by atoms with E-state index in [9.17, 15) is 28.8 Å². The monoisotopic (exact) mass is 532 g/mol. The minimum atomic E-state index is -0.888. The van der Waals surface area contributed by atoms with Crippen molar-refractivity contribution in [3.8, 4) is 0 Å². The molecule has 0 saturated heterocycles. The van der Waals surface area contributed by atoms with Gasteiger partial charge in [0.2, 0.25) is 17.7 Å². The number of nitrogens with zero attached hydrogens (tertiary/aromatic N) is 1. The number of urea groups is 1. The van der Waals surface area contributed by atoms with Gasteiger partial charge < -0.3 is 27.0 Å². The Labute approximate surface area is 225 Å². The maximum Gasteiger partial charge on any atom is 0.312 e. The van der Waals surface area contributed by atoms with Gasteiger partial charge in [-0.15, -0.1) is 0 Å². The first-order valence-corrected chi connectivity index (χ1v) is 13.2. The van der Waals surface area contributed by atoms with Gasteiger partial charge in [-0.05, 0) is 38.0 Å². The van der Waals surface area contributed by atoms with Crippen LogP contribution in [0.3, 0.4) is 0 Å². The van der Waals surface area contributed by atoms with E-state index in [1.54, 1.807) is 13.8 Å². The highest BCUT2D eigenvalue weighted by Crippen LogP contribution is 2.10. The molecule has 12 nitrogen and oxygen atoms in total. The fraction of sp³-hybridized carbons (Fsp3) is 0.680. The molecule has 1 aliphatic heterocycles. The summed E-state index contributed by atoms with van der Waals surface area (Å²) in [5, 5.41) is 10.8. The summed E-state index contributed by atoms with van der Waals surface area (Å²) in [5.74, 6) is -2.10. The van der Waals surface area contributed by atoms with E-state index in [2.05, 4.69) is 21.3 Å². The molecule has 1 rings (SSSR count). The largest absolute Gasteiger partial charge is 0.352 e. The molecular formula is C25H41BN6O6. The summed E-state index contributed by atoms with van der Waals surface area (Å²) in [6.45, 7) is 6.00. The number of imide groups is 1. The predicted molar refractivity (Wildman–Crippen MR) is 143 cm³/mol. The summed E-state index contributed by atoms with van der Waals surface area (Å²) < 4.78 is 0. The van der Waals surface area contributed by atoms with E-state index in [0.717, 1.165) is 4.90 Å². The molecule has 0 saturated carbocycles. The standard InChI is InChI=1S/C25H41BN6O6/c1-4-17(15-26)29-23(36)18(9-8-13-28-25(27)38)30-24(37)22(16(2)3)31-19(33)10-6-5-7-14-32-20(34)11-12-21(32)35/h11-12,16-18,22H,4-10,13-15H2,1-3H3,(H,29,36)(H,30,37)(H,31,33)(H3,27,28,38)/t17-,18-,22?/m0/s1. The van der Waals surface area contributed by atoms with E-state index in [1.807, 2.05) is 6.92 Å². The van der Waals surface area contributed by atoms with Crippen LogP contribution in [0.4, 0.5) is 4.79 Å². The second-order valence-electron chi connectivity index (χ2n) is 9.61. The Kier molecular flexibility index (Phi) is 14.8. The molecule has 0 bridgehead atoms. The average Bonchev–Trinajstić information content (AvgIpc) is 3.18. The molecule has 0 aliphatic carbocycles. The molecule has 210 valence electrons. The molecule has 1 heterocycles. The molecular weight excluding hydrogens is 491 g/mol. The van der Waals surface area contributed by atoms with Crippen LogP contribution in [0, 0.1) is 5.92 Å². The number of carbonyl (C=O) groups excluding carboxylic acids is 6. The normalized spacial score (nSPS) is 15.2. The number of unbranched alkanes of at least 4 members (excludes halogenated alkanes) is 2. The van der Waals surface area contributed by atoms with Gasteiger partial charge in [0, 0.05) is 37.7 Å². The lowest BCUT2D eigenvalue weighted by atomic mass is 9.95. The maximum atomic E-state index is 13.1. The molecule has 6 N–H and O–H groups in total. The third-order valence-electron chi connectivity index (χ3n) is 6.18. The number of primary amides is 1. The van der Waals surface area contributed by atoms with Gasteiger partial charge >= 0.3 is 6.03 Å². The predicted octanol–water partition coefficient (Wildman–Crippen LogP) is 0.0275. The molecule has 0 aromatic heterocycles. The Morgan fingerprint density at radius 1 is 0.947 bits per heavy atom. The highest BCUT2D eigenvalue weighted by molar-refractivity contribution is 6.12. The number of amides is 7. The van der Waals surface area contributed by atoms with Crippen LogP contribution in [0.15, 0.2) is 12.2 Å². The molecule has 0 aromatic carbocycles. The summed E-state index contributed by atoms with van der Waals surface area (Å²) in [5.41, 5.74) is 5.08. The Morgan fingerprint density at radius 2 is 1.61 bits per heavy atom. The molecule has 38 heavy (non-hydrogen) atoms. The first-order chi connectivity index (χ1) is 18.0. The van der Waals surface area contributed by atoms with Crippen LogP contribution in [-0.4, -0.2) is 79.5 Å². The number of nitrogens with two attached hydrogens (primary N) is 1. The molecule has 2 radical (unpaired) electrons. The van der Waals surface area contributed by atoms with Crippen LogP contribution in [0.1, 0.15) is 65.7 Å². The number of rotatable bonds is 18. The van der Waals surface area contributed by atoms with Gasteiger partial charge in [0.25, 0.3) is 11.8 Å². The summed E-state index contributed by atoms with van der Waals surface area (Å²) in [6, 6.07) is -2.67. The van der Waals surface area contributed by atoms with Crippen molar-refractivity contribution in [3.63, 3.8) is 0 Å². The second kappa shape index (κ2) is 17.2. The van der Waals surface area contributed by atoms with Gasteiger partial charge in [-0.3, -0.25) is 28.9 Å². The molecule has 1 unspecified atom stereocenters. The average molecular weight is 532 g/mol. The van der Waals surface area contributed by atoms with Gasteiger partial charge in [0.1, 0.15) is 12.1 Å². The molecule has 3 atom stereocenters. The first kappa shape index (κ1) is 32.7. The van der Waals surface area contributed by atoms with Gasteiger partial charge in [-0.25, -0.2) is 4.79 Å². The lowest BCUT2D eigenvalue weighted by Crippen LogP contribution is -2.56. The molecule has 1 aliphatic rings. The molecule has 13 heteroatoms. The number of hydrogen-bond donors (Lipinski definition) is 5. The van der Waals surface area contributed by atoms with E-state index in [-0.39, 0.29) is 55.4 Å². The van der Waals surface area contributed by atoms with Crippen molar-refractivity contribution < 1.29 is 28.8 Å². The van der Waals surface area contributed by atoms with Gasteiger partial charge in [-0.2, -0.15) is 0 Å². The maximum absolute atomic E-state index is 13.1. The summed E-state index contributed by atoms with van der Waals surface area (Å²) in [4.78, 5) is 73.7. The fourth-order valence-electron chi connectivity index (χ4n) is 3.84. The van der Waals surface area contributed by atoms with Crippen molar-refractivity contribution >= 4 is 43.4 Å². The van der Waals surface area contributed by atoms with Crippen LogP contribution < -0.4 is 27.0 Å². The first-order valence-electron chi connectivity index (χ1n) is 13.2. The summed E-state index contributed by atoms with van der Waals surface area (Å²) >= 11 is 0. The minimum absolute atomic E-state index is 0.175. The zero-order valence-electron chi connectivity index (χ0n) is 22.6. The van der Waals surface area contributed by atoms with Gasteiger partial charge in [0.05, 0.1) is 7.85 Å². The quantitative estimate of drug-likeness (QED) is 0.0944. The van der Waals surface area contributed by atoms with Crippen LogP contribution >= 0.6 is 0 Å². The van der Waals surface area contributed by atoms with Crippen molar-refractivity contribution in [2.75, 3.05) is 13.1 Å². The van der Waals surface area contributed by atoms with Crippen molar-refractivity contribution in [1.29, 1.82) is 0 Å². The lowest BCUT2D eigenvalue weighted by molar-refractivity contribution is -0.137. The van der Waals surface area contributed by atoms with Gasteiger partial charge in [-0.1, -0.05) is 33.5 Å². The zero-order chi connectivity index (χ0) is 28.7. The van der Waals surface area contributed by atoms with Crippen molar-refractivity contribution in [2.24, 2.45) is 11.7 Å². The topological polar surface area (TPSA) is 180 Å². The minimum Gasteiger partial charge on any atom is -0.352 e. The van der Waals surface area contributed by atoms with E-state index < -0.39 is 29.9 Å². The van der Waals surface area contributed by atoms with Crippen LogP contribution in [0.5, 0.6) is 0 Å². The molecule has 0 spiro atoms. The van der Waals surface area contributed by atoms with Crippen molar-refractivity contribution in [2.45, 2.75) is 90.2 Å². The third kappa shape index (κ3) is 11.8. The zero-order valence-corrected chi connectivity index (χ0v) is 22.6. The second-order valence-corrected chi connectivity index (χ2v) is 9.61. The lowest BCUT2D eigenvalue weighted by Gasteiger charge is -2.26. The van der Waals surface area contributed by atoms with E-state index in [1.165, 1.54) is 12.2 Å². The van der Waals surface area contributed by atoms with Crippen LogP contribution in [0.25, 0.3) is 0 Å².